The van der Waals surface area contributed by atoms with Crippen molar-refractivity contribution in [1.82, 2.24) is 4.98 Å². The van der Waals surface area contributed by atoms with Crippen LogP contribution in [0.5, 0.6) is 5.88 Å². The van der Waals surface area contributed by atoms with E-state index in [-0.39, 0.29) is 17.0 Å². The number of hydrogen-bond acceptors (Lipinski definition) is 6. The molecule has 27 heavy (non-hydrogen) atoms. The average molecular weight is 363 g/mol. The Kier molecular flexibility index (Phi) is 5.41. The van der Waals surface area contributed by atoms with Crippen molar-refractivity contribution in [2.45, 2.75) is 6.54 Å². The highest BCUT2D eigenvalue weighted by Gasteiger charge is 2.18. The van der Waals surface area contributed by atoms with Crippen molar-refractivity contribution in [3.05, 3.63) is 93.7 Å². The molecule has 0 unspecified atom stereocenters. The van der Waals surface area contributed by atoms with Gasteiger partial charge in [-0.2, -0.15) is 0 Å². The van der Waals surface area contributed by atoms with Crippen LogP contribution in [0.3, 0.4) is 0 Å². The molecule has 0 atom stereocenters. The number of nitro groups is 1. The van der Waals surface area contributed by atoms with E-state index in [2.05, 4.69) is 10.3 Å². The average Bonchev–Trinajstić information content (AvgIpc) is 2.72. The van der Waals surface area contributed by atoms with Gasteiger partial charge in [-0.3, -0.25) is 14.9 Å². The Morgan fingerprint density at radius 2 is 1.89 bits per heavy atom. The van der Waals surface area contributed by atoms with Crippen LogP contribution in [0.25, 0.3) is 0 Å². The maximum atomic E-state index is 12.5. The summed E-state index contributed by atoms with van der Waals surface area (Å²) in [5.41, 5.74) is 1.79. The number of ether oxygens (including phenoxy) is 1. The molecule has 0 radical (unpaired) electrons. The van der Waals surface area contributed by atoms with E-state index >= 15 is 0 Å². The lowest BCUT2D eigenvalue weighted by Gasteiger charge is -2.09. The Morgan fingerprint density at radius 3 is 2.59 bits per heavy atom. The standard InChI is InChI=1S/C20H17N3O4/c1-27-19-11-14(9-10-21-19)13-22-17-8-7-16(12-18(17)23(25)26)20(24)15-5-3-2-4-6-15/h2-12,22H,13H2,1H3. The molecule has 136 valence electrons. The maximum Gasteiger partial charge on any atom is 0.293 e. The molecule has 0 saturated carbocycles. The lowest BCUT2D eigenvalue weighted by atomic mass is 10.0. The number of methoxy groups -OCH3 is 1. The van der Waals surface area contributed by atoms with Crippen LogP contribution in [0, 0.1) is 10.1 Å². The number of nitrogens with zero attached hydrogens (tertiary/aromatic N) is 2. The first-order valence-corrected chi connectivity index (χ1v) is 8.19. The highest BCUT2D eigenvalue weighted by molar-refractivity contribution is 6.09. The van der Waals surface area contributed by atoms with Crippen LogP contribution in [-0.2, 0) is 6.54 Å². The van der Waals surface area contributed by atoms with Crippen molar-refractivity contribution in [2.24, 2.45) is 0 Å². The minimum absolute atomic E-state index is 0.155. The number of pyridine rings is 1. The van der Waals surface area contributed by atoms with Gasteiger partial charge in [-0.1, -0.05) is 30.3 Å². The van der Waals surface area contributed by atoms with Crippen LogP contribution in [0.2, 0.25) is 0 Å². The first-order chi connectivity index (χ1) is 13.1. The summed E-state index contributed by atoms with van der Waals surface area (Å²) < 4.78 is 5.07. The Hall–Kier alpha value is -3.74. The number of carbonyl (C=O) groups is 1. The molecule has 1 N–H and O–H groups in total. The van der Waals surface area contributed by atoms with E-state index < -0.39 is 4.92 Å². The van der Waals surface area contributed by atoms with Gasteiger partial charge in [0.1, 0.15) is 5.69 Å². The van der Waals surface area contributed by atoms with Crippen LogP contribution in [0.15, 0.2) is 66.9 Å². The second kappa shape index (κ2) is 8.09. The summed E-state index contributed by atoms with van der Waals surface area (Å²) in [5.74, 6) is 0.205. The van der Waals surface area contributed by atoms with Gasteiger partial charge in [-0.15, -0.1) is 0 Å². The zero-order valence-electron chi connectivity index (χ0n) is 14.6. The van der Waals surface area contributed by atoms with Gasteiger partial charge in [-0.25, -0.2) is 4.98 Å². The van der Waals surface area contributed by atoms with Gasteiger partial charge in [0.2, 0.25) is 5.88 Å². The number of anilines is 1. The molecule has 0 aliphatic heterocycles. The molecule has 0 amide bonds. The molecule has 3 rings (SSSR count). The zero-order chi connectivity index (χ0) is 19.2. The molecule has 0 aliphatic rings. The molecular weight excluding hydrogens is 346 g/mol. The highest BCUT2D eigenvalue weighted by Crippen LogP contribution is 2.27. The summed E-state index contributed by atoms with van der Waals surface area (Å²) in [6, 6.07) is 16.6. The third-order valence-electron chi connectivity index (χ3n) is 3.98. The maximum absolute atomic E-state index is 12.5. The van der Waals surface area contributed by atoms with E-state index in [1.165, 1.54) is 13.2 Å². The van der Waals surface area contributed by atoms with Crippen LogP contribution >= 0.6 is 0 Å². The first kappa shape index (κ1) is 18.1. The third kappa shape index (κ3) is 4.27. The van der Waals surface area contributed by atoms with Crippen molar-refractivity contribution in [3.63, 3.8) is 0 Å². The number of benzene rings is 2. The molecule has 7 heteroatoms. The second-order valence-electron chi connectivity index (χ2n) is 5.74. The van der Waals surface area contributed by atoms with Gasteiger partial charge in [0.25, 0.3) is 5.69 Å². The molecule has 1 heterocycles. The third-order valence-corrected chi connectivity index (χ3v) is 3.98. The van der Waals surface area contributed by atoms with E-state index in [0.29, 0.717) is 23.7 Å². The summed E-state index contributed by atoms with van der Waals surface area (Å²) in [4.78, 5) is 27.5. The van der Waals surface area contributed by atoms with Crippen molar-refractivity contribution in [1.29, 1.82) is 0 Å². The number of rotatable bonds is 7. The summed E-state index contributed by atoms with van der Waals surface area (Å²) in [6.07, 6.45) is 1.60. The van der Waals surface area contributed by atoms with E-state index in [0.717, 1.165) is 5.56 Å². The van der Waals surface area contributed by atoms with Crippen LogP contribution in [0.4, 0.5) is 11.4 Å². The normalized spacial score (nSPS) is 10.3. The first-order valence-electron chi connectivity index (χ1n) is 8.19. The molecule has 2 aromatic carbocycles. The Balaban J connectivity index is 1.83. The van der Waals surface area contributed by atoms with Crippen molar-refractivity contribution < 1.29 is 14.5 Å². The smallest absolute Gasteiger partial charge is 0.293 e. The lowest BCUT2D eigenvalue weighted by Crippen LogP contribution is -2.06. The molecule has 1 aromatic heterocycles. The Morgan fingerprint density at radius 1 is 1.11 bits per heavy atom. The van der Waals surface area contributed by atoms with Gasteiger partial charge in [-0.05, 0) is 23.8 Å². The van der Waals surface area contributed by atoms with Crippen LogP contribution < -0.4 is 10.1 Å². The number of aromatic nitrogens is 1. The van der Waals surface area contributed by atoms with Gasteiger partial charge < -0.3 is 10.1 Å². The number of nitrogens with one attached hydrogen (secondary N) is 1. The lowest BCUT2D eigenvalue weighted by molar-refractivity contribution is -0.384. The fourth-order valence-corrected chi connectivity index (χ4v) is 2.60. The van der Waals surface area contributed by atoms with Crippen molar-refractivity contribution >= 4 is 17.2 Å². The number of nitro benzene ring substituents is 1. The molecule has 0 fully saturated rings. The zero-order valence-corrected chi connectivity index (χ0v) is 14.6. The van der Waals surface area contributed by atoms with Gasteiger partial charge in [0, 0.05) is 36.0 Å². The molecule has 3 aromatic rings. The fourth-order valence-electron chi connectivity index (χ4n) is 2.60. The highest BCUT2D eigenvalue weighted by atomic mass is 16.6. The molecule has 7 nitrogen and oxygen atoms in total. The predicted octanol–water partition coefficient (Wildman–Crippen LogP) is 3.84. The Bertz CT molecular complexity index is 974. The predicted molar refractivity (Wildman–Crippen MR) is 101 cm³/mol. The minimum Gasteiger partial charge on any atom is -0.481 e. The van der Waals surface area contributed by atoms with Crippen LogP contribution in [-0.4, -0.2) is 22.8 Å². The van der Waals surface area contributed by atoms with Gasteiger partial charge in [0.05, 0.1) is 12.0 Å². The minimum atomic E-state index is -0.503. The monoisotopic (exact) mass is 363 g/mol. The summed E-state index contributed by atoms with van der Waals surface area (Å²) in [7, 11) is 1.52. The van der Waals surface area contributed by atoms with Crippen molar-refractivity contribution in [2.75, 3.05) is 12.4 Å². The molecule has 0 aliphatic carbocycles. The number of carbonyl (C=O) groups excluding carboxylic acids is 1. The topological polar surface area (TPSA) is 94.4 Å². The fraction of sp³-hybridized carbons (Fsp3) is 0.100. The number of ketones is 1. The van der Waals surface area contributed by atoms with E-state index in [4.69, 9.17) is 4.74 Å². The largest absolute Gasteiger partial charge is 0.481 e. The quantitative estimate of drug-likeness (QED) is 0.389. The van der Waals surface area contributed by atoms with Crippen LogP contribution in [0.1, 0.15) is 21.5 Å². The second-order valence-corrected chi connectivity index (χ2v) is 5.74. The van der Waals surface area contributed by atoms with E-state index in [9.17, 15) is 14.9 Å². The van der Waals surface area contributed by atoms with E-state index in [1.807, 2.05) is 0 Å². The summed E-state index contributed by atoms with van der Waals surface area (Å²) in [5, 5.41) is 14.5. The summed E-state index contributed by atoms with van der Waals surface area (Å²) >= 11 is 0. The summed E-state index contributed by atoms with van der Waals surface area (Å²) in [6.45, 7) is 0.353. The number of hydrogen-bond donors (Lipinski definition) is 1. The SMILES string of the molecule is COc1cc(CNc2ccc(C(=O)c3ccccc3)cc2[N+](=O)[O-])ccn1. The molecule has 0 spiro atoms. The molecule has 0 bridgehead atoms. The van der Waals surface area contributed by atoms with E-state index in [1.54, 1.807) is 60.8 Å². The Labute approximate surface area is 155 Å². The van der Waals surface area contributed by atoms with Gasteiger partial charge in [0.15, 0.2) is 5.78 Å². The van der Waals surface area contributed by atoms with Crippen molar-refractivity contribution in [3.8, 4) is 5.88 Å². The molecule has 0 saturated heterocycles. The molecular formula is C20H17N3O4. The van der Waals surface area contributed by atoms with Gasteiger partial charge >= 0.3 is 0 Å².